The Morgan fingerprint density at radius 3 is 2.81 bits per heavy atom. The topological polar surface area (TPSA) is 59.4 Å². The van der Waals surface area contributed by atoms with Crippen LogP contribution in [0.1, 0.15) is 17.8 Å². The first-order valence-electron chi connectivity index (χ1n) is 8.31. The molecule has 6 nitrogen and oxygen atoms in total. The van der Waals surface area contributed by atoms with Crippen LogP contribution in [0.2, 0.25) is 0 Å². The molecule has 1 aliphatic rings. The quantitative estimate of drug-likeness (QED) is 0.806. The van der Waals surface area contributed by atoms with Crippen molar-refractivity contribution in [1.29, 1.82) is 0 Å². The van der Waals surface area contributed by atoms with Crippen molar-refractivity contribution in [2.75, 3.05) is 26.8 Å². The number of ether oxygens (including phenoxy) is 1. The summed E-state index contributed by atoms with van der Waals surface area (Å²) < 4.78 is 7.49. The van der Waals surface area contributed by atoms with Gasteiger partial charge in [-0.25, -0.2) is 4.98 Å². The van der Waals surface area contributed by atoms with Crippen molar-refractivity contribution in [3.8, 4) is 0 Å². The molecule has 1 aromatic heterocycles. The van der Waals surface area contributed by atoms with Crippen molar-refractivity contribution in [1.82, 2.24) is 19.8 Å². The lowest BCUT2D eigenvalue weighted by molar-refractivity contribution is -0.131. The van der Waals surface area contributed by atoms with E-state index in [4.69, 9.17) is 4.74 Å². The zero-order valence-electron chi connectivity index (χ0n) is 14.8. The summed E-state index contributed by atoms with van der Waals surface area (Å²) in [5, 5.41) is 3.31. The normalized spacial score (nSPS) is 16.3. The van der Waals surface area contributed by atoms with Gasteiger partial charge in [0, 0.05) is 45.0 Å². The summed E-state index contributed by atoms with van der Waals surface area (Å²) in [7, 11) is 1.83. The van der Waals surface area contributed by atoms with Gasteiger partial charge in [0.25, 0.3) is 0 Å². The summed E-state index contributed by atoms with van der Waals surface area (Å²) in [4.78, 5) is 18.5. The maximum absolute atomic E-state index is 12.4. The second-order valence-corrected chi connectivity index (χ2v) is 6.14. The highest BCUT2D eigenvalue weighted by Crippen LogP contribution is 2.09. The number of benzene rings is 1. The number of hydrogen-bond acceptors (Lipinski definition) is 4. The molecule has 2 aromatic rings. The van der Waals surface area contributed by atoms with Crippen LogP contribution in [0.5, 0.6) is 0 Å². The summed E-state index contributed by atoms with van der Waals surface area (Å²) in [5.41, 5.74) is 1.22. The molecular weight excluding hydrogens is 375 g/mol. The molecule has 1 N–H and O–H groups in total. The second kappa shape index (κ2) is 11.2. The third-order valence-corrected chi connectivity index (χ3v) is 4.22. The highest BCUT2D eigenvalue weighted by atomic mass is 35.5. The Morgan fingerprint density at radius 2 is 2.12 bits per heavy atom. The monoisotopic (exact) mass is 400 g/mol. The molecule has 1 amide bonds. The standard InChI is InChI=1S/C18H24N4O2.2ClH/c1-21(18(23)11-16-14-24-10-8-19-16)13-17-20-7-9-22(17)12-15-5-3-2-4-6-15;;/h2-7,9,16,19H,8,10-14H2,1H3;2*1H. The number of hydrogen-bond donors (Lipinski definition) is 1. The number of imidazole rings is 1. The molecule has 1 aromatic carbocycles. The van der Waals surface area contributed by atoms with Crippen molar-refractivity contribution in [2.45, 2.75) is 25.6 Å². The third kappa shape index (κ3) is 6.29. The van der Waals surface area contributed by atoms with Gasteiger partial charge in [0.2, 0.25) is 5.91 Å². The summed E-state index contributed by atoms with van der Waals surface area (Å²) in [6, 6.07) is 10.4. The van der Waals surface area contributed by atoms with Gasteiger partial charge in [0.05, 0.1) is 19.8 Å². The predicted octanol–water partition coefficient (Wildman–Crippen LogP) is 2.11. The predicted molar refractivity (Wildman–Crippen MR) is 106 cm³/mol. The van der Waals surface area contributed by atoms with Crippen LogP contribution in [0.15, 0.2) is 42.7 Å². The van der Waals surface area contributed by atoms with Gasteiger partial charge in [-0.05, 0) is 5.56 Å². The molecule has 1 saturated heterocycles. The number of nitrogens with one attached hydrogen (secondary N) is 1. The van der Waals surface area contributed by atoms with Gasteiger partial charge in [0.15, 0.2) is 0 Å². The Bertz CT molecular complexity index is 660. The van der Waals surface area contributed by atoms with E-state index in [0.29, 0.717) is 19.6 Å². The minimum atomic E-state index is 0. The van der Waals surface area contributed by atoms with Crippen LogP contribution in [-0.4, -0.2) is 53.2 Å². The maximum Gasteiger partial charge on any atom is 0.224 e. The lowest BCUT2D eigenvalue weighted by Gasteiger charge is -2.25. The Labute approximate surface area is 166 Å². The van der Waals surface area contributed by atoms with Crippen molar-refractivity contribution in [3.05, 3.63) is 54.1 Å². The first-order valence-corrected chi connectivity index (χ1v) is 8.31. The molecule has 26 heavy (non-hydrogen) atoms. The average molecular weight is 401 g/mol. The van der Waals surface area contributed by atoms with E-state index in [2.05, 4.69) is 27.0 Å². The number of amides is 1. The van der Waals surface area contributed by atoms with Crippen LogP contribution in [-0.2, 0) is 22.6 Å². The second-order valence-electron chi connectivity index (χ2n) is 6.14. The summed E-state index contributed by atoms with van der Waals surface area (Å²) in [6.07, 6.45) is 4.19. The molecule has 0 spiro atoms. The zero-order chi connectivity index (χ0) is 16.8. The van der Waals surface area contributed by atoms with Gasteiger partial charge < -0.3 is 19.5 Å². The molecule has 3 rings (SSSR count). The van der Waals surface area contributed by atoms with E-state index in [1.165, 1.54) is 5.56 Å². The number of rotatable bonds is 6. The SMILES string of the molecule is CN(Cc1nccn1Cc1ccccc1)C(=O)CC1COCCN1.Cl.Cl. The minimum Gasteiger partial charge on any atom is -0.378 e. The lowest BCUT2D eigenvalue weighted by atomic mass is 10.2. The molecule has 0 bridgehead atoms. The molecule has 1 fully saturated rings. The van der Waals surface area contributed by atoms with Crippen LogP contribution in [0, 0.1) is 0 Å². The summed E-state index contributed by atoms with van der Waals surface area (Å²) in [6.45, 7) is 3.39. The Hall–Kier alpha value is -1.60. The van der Waals surface area contributed by atoms with Crippen LogP contribution in [0.3, 0.4) is 0 Å². The Kier molecular flexibility index (Phi) is 9.65. The third-order valence-electron chi connectivity index (χ3n) is 4.22. The van der Waals surface area contributed by atoms with E-state index in [-0.39, 0.29) is 36.8 Å². The van der Waals surface area contributed by atoms with E-state index in [9.17, 15) is 4.79 Å². The number of carbonyl (C=O) groups excluding carboxylic acids is 1. The first-order chi connectivity index (χ1) is 11.7. The van der Waals surface area contributed by atoms with E-state index in [1.807, 2.05) is 31.4 Å². The van der Waals surface area contributed by atoms with Gasteiger partial charge >= 0.3 is 0 Å². The van der Waals surface area contributed by atoms with E-state index < -0.39 is 0 Å². The first kappa shape index (κ1) is 22.4. The smallest absolute Gasteiger partial charge is 0.224 e. The van der Waals surface area contributed by atoms with Gasteiger partial charge in [0.1, 0.15) is 5.82 Å². The Morgan fingerprint density at radius 1 is 1.35 bits per heavy atom. The number of aromatic nitrogens is 2. The molecule has 144 valence electrons. The molecule has 1 aliphatic heterocycles. The number of carbonyl (C=O) groups is 1. The van der Waals surface area contributed by atoms with Gasteiger partial charge in [-0.3, -0.25) is 4.79 Å². The highest BCUT2D eigenvalue weighted by molar-refractivity contribution is 5.85. The van der Waals surface area contributed by atoms with Crippen molar-refractivity contribution >= 4 is 30.7 Å². The lowest BCUT2D eigenvalue weighted by Crippen LogP contribution is -2.44. The van der Waals surface area contributed by atoms with E-state index in [1.54, 1.807) is 11.1 Å². The molecule has 0 aliphatic carbocycles. The minimum absolute atomic E-state index is 0. The van der Waals surface area contributed by atoms with Crippen molar-refractivity contribution in [2.24, 2.45) is 0 Å². The molecule has 1 unspecified atom stereocenters. The number of halogens is 2. The molecule has 8 heteroatoms. The van der Waals surface area contributed by atoms with Crippen LogP contribution >= 0.6 is 24.8 Å². The molecule has 1 atom stereocenters. The largest absolute Gasteiger partial charge is 0.378 e. The fourth-order valence-corrected chi connectivity index (χ4v) is 2.83. The average Bonchev–Trinajstić information content (AvgIpc) is 3.03. The highest BCUT2D eigenvalue weighted by Gasteiger charge is 2.20. The fraction of sp³-hybridized carbons (Fsp3) is 0.444. The molecule has 0 saturated carbocycles. The fourth-order valence-electron chi connectivity index (χ4n) is 2.83. The summed E-state index contributed by atoms with van der Waals surface area (Å²) in [5.74, 6) is 0.995. The van der Waals surface area contributed by atoms with Gasteiger partial charge in [-0.2, -0.15) is 0 Å². The summed E-state index contributed by atoms with van der Waals surface area (Å²) >= 11 is 0. The van der Waals surface area contributed by atoms with Gasteiger partial charge in [-0.1, -0.05) is 30.3 Å². The Balaban J connectivity index is 0.00000169. The molecule has 0 radical (unpaired) electrons. The van der Waals surface area contributed by atoms with Crippen molar-refractivity contribution < 1.29 is 9.53 Å². The number of morpholine rings is 1. The van der Waals surface area contributed by atoms with E-state index in [0.717, 1.165) is 25.5 Å². The van der Waals surface area contributed by atoms with Crippen LogP contribution in [0.4, 0.5) is 0 Å². The number of nitrogens with zero attached hydrogens (tertiary/aromatic N) is 3. The van der Waals surface area contributed by atoms with Gasteiger partial charge in [-0.15, -0.1) is 24.8 Å². The maximum atomic E-state index is 12.4. The van der Waals surface area contributed by atoms with Crippen LogP contribution in [0.25, 0.3) is 0 Å². The zero-order valence-corrected chi connectivity index (χ0v) is 16.5. The van der Waals surface area contributed by atoms with E-state index >= 15 is 0 Å². The molecular formula is C18H26Cl2N4O2. The molecule has 2 heterocycles. The van der Waals surface area contributed by atoms with Crippen LogP contribution < -0.4 is 5.32 Å². The van der Waals surface area contributed by atoms with Crippen molar-refractivity contribution in [3.63, 3.8) is 0 Å².